The van der Waals surface area contributed by atoms with Crippen molar-refractivity contribution in [2.24, 2.45) is 5.41 Å². The zero-order chi connectivity index (χ0) is 13.9. The zero-order valence-electron chi connectivity index (χ0n) is 11.7. The molecule has 1 heterocycles. The molecule has 0 aliphatic rings. The molecule has 0 aliphatic heterocycles. The highest BCUT2D eigenvalue weighted by Crippen LogP contribution is 2.22. The van der Waals surface area contributed by atoms with Gasteiger partial charge in [-0.15, -0.1) is 0 Å². The summed E-state index contributed by atoms with van der Waals surface area (Å²) < 4.78 is 0. The van der Waals surface area contributed by atoms with E-state index in [2.05, 4.69) is 36.3 Å². The Balaban J connectivity index is 2.06. The minimum absolute atomic E-state index is 0.125. The van der Waals surface area contributed by atoms with Crippen molar-refractivity contribution >= 4 is 16.6 Å². The van der Waals surface area contributed by atoms with Crippen molar-refractivity contribution in [2.75, 3.05) is 11.9 Å². The van der Waals surface area contributed by atoms with Crippen LogP contribution in [0.15, 0.2) is 30.5 Å². The molecular formula is C15H21N3O. The average Bonchev–Trinajstić information content (AvgIpc) is 2.34. The molecule has 19 heavy (non-hydrogen) atoms. The van der Waals surface area contributed by atoms with Gasteiger partial charge in [-0.3, -0.25) is 0 Å². The van der Waals surface area contributed by atoms with Gasteiger partial charge in [0.05, 0.1) is 23.5 Å². The normalized spacial score (nSPS) is 13.5. The van der Waals surface area contributed by atoms with Crippen molar-refractivity contribution < 1.29 is 5.11 Å². The summed E-state index contributed by atoms with van der Waals surface area (Å²) in [5.41, 5.74) is 1.90. The lowest BCUT2D eigenvalue weighted by atomic mass is 9.89. The molecule has 0 fully saturated rings. The van der Waals surface area contributed by atoms with Gasteiger partial charge >= 0.3 is 0 Å². The fraction of sp³-hybridized carbons (Fsp3) is 0.467. The third kappa shape index (κ3) is 3.89. The van der Waals surface area contributed by atoms with Crippen molar-refractivity contribution in [3.05, 3.63) is 30.5 Å². The third-order valence-corrected chi connectivity index (χ3v) is 2.92. The van der Waals surface area contributed by atoms with Gasteiger partial charge in [0.2, 0.25) is 0 Å². The fourth-order valence-corrected chi connectivity index (χ4v) is 2.15. The quantitative estimate of drug-likeness (QED) is 0.886. The highest BCUT2D eigenvalue weighted by Gasteiger charge is 2.16. The molecular weight excluding hydrogens is 238 g/mol. The number of aliphatic hydroxyl groups is 1. The van der Waals surface area contributed by atoms with Crippen LogP contribution in [0.3, 0.4) is 0 Å². The van der Waals surface area contributed by atoms with Crippen molar-refractivity contribution in [2.45, 2.75) is 33.3 Å². The van der Waals surface area contributed by atoms with E-state index in [1.807, 2.05) is 24.3 Å². The Morgan fingerprint density at radius 3 is 2.74 bits per heavy atom. The smallest absolute Gasteiger partial charge is 0.0950 e. The fourth-order valence-electron chi connectivity index (χ4n) is 2.15. The Hall–Kier alpha value is -1.68. The number of fused-ring (bicyclic) bond motifs is 1. The van der Waals surface area contributed by atoms with E-state index in [4.69, 9.17) is 0 Å². The maximum atomic E-state index is 10.0. The number of hydrogen-bond donors (Lipinski definition) is 2. The molecule has 1 aromatic carbocycles. The van der Waals surface area contributed by atoms with Crippen molar-refractivity contribution in [1.82, 2.24) is 10.2 Å². The summed E-state index contributed by atoms with van der Waals surface area (Å²) in [6.07, 6.45) is 2.09. The number of benzene rings is 1. The average molecular weight is 259 g/mol. The molecule has 0 amide bonds. The van der Waals surface area contributed by atoms with Crippen LogP contribution in [-0.4, -0.2) is 28.0 Å². The topological polar surface area (TPSA) is 58.0 Å². The number of hydrogen-bond acceptors (Lipinski definition) is 4. The summed E-state index contributed by atoms with van der Waals surface area (Å²) in [5.74, 6) is 0. The SMILES string of the molecule is CC(C)(C)CC(O)CNc1cnnc2ccccc12. The summed E-state index contributed by atoms with van der Waals surface area (Å²) in [7, 11) is 0. The van der Waals surface area contributed by atoms with Gasteiger partial charge in [0, 0.05) is 11.9 Å². The zero-order valence-corrected chi connectivity index (χ0v) is 11.7. The van der Waals surface area contributed by atoms with Crippen molar-refractivity contribution in [3.63, 3.8) is 0 Å². The summed E-state index contributed by atoms with van der Waals surface area (Å²) >= 11 is 0. The van der Waals surface area contributed by atoms with Crippen LogP contribution in [0.5, 0.6) is 0 Å². The van der Waals surface area contributed by atoms with Crippen LogP contribution in [-0.2, 0) is 0 Å². The third-order valence-electron chi connectivity index (χ3n) is 2.92. The first-order valence-electron chi connectivity index (χ1n) is 6.58. The monoisotopic (exact) mass is 259 g/mol. The van der Waals surface area contributed by atoms with E-state index in [1.54, 1.807) is 6.20 Å². The Morgan fingerprint density at radius 2 is 2.00 bits per heavy atom. The molecule has 4 heteroatoms. The first-order chi connectivity index (χ1) is 8.96. The van der Waals surface area contributed by atoms with E-state index in [1.165, 1.54) is 0 Å². The first-order valence-corrected chi connectivity index (χ1v) is 6.58. The largest absolute Gasteiger partial charge is 0.391 e. The lowest BCUT2D eigenvalue weighted by Gasteiger charge is -2.22. The van der Waals surface area contributed by atoms with Crippen LogP contribution in [0.2, 0.25) is 0 Å². The van der Waals surface area contributed by atoms with E-state index < -0.39 is 0 Å². The van der Waals surface area contributed by atoms with Gasteiger partial charge < -0.3 is 10.4 Å². The van der Waals surface area contributed by atoms with Crippen LogP contribution in [0.4, 0.5) is 5.69 Å². The molecule has 2 aromatic rings. The second kappa shape index (κ2) is 5.53. The number of aliphatic hydroxyl groups excluding tert-OH is 1. The predicted molar refractivity (Wildman–Crippen MR) is 78.1 cm³/mol. The van der Waals surface area contributed by atoms with Gasteiger partial charge in [-0.2, -0.15) is 10.2 Å². The van der Waals surface area contributed by atoms with Gasteiger partial charge in [-0.05, 0) is 17.9 Å². The van der Waals surface area contributed by atoms with Crippen LogP contribution in [0.25, 0.3) is 10.9 Å². The van der Waals surface area contributed by atoms with Gasteiger partial charge in [0.1, 0.15) is 0 Å². The Labute approximate surface area is 113 Å². The minimum Gasteiger partial charge on any atom is -0.391 e. The molecule has 0 aliphatic carbocycles. The summed E-state index contributed by atoms with van der Waals surface area (Å²) in [4.78, 5) is 0. The number of nitrogens with one attached hydrogen (secondary N) is 1. The Morgan fingerprint density at radius 1 is 1.26 bits per heavy atom. The molecule has 0 saturated carbocycles. The van der Waals surface area contributed by atoms with Crippen molar-refractivity contribution in [3.8, 4) is 0 Å². The second-order valence-corrected chi connectivity index (χ2v) is 6.07. The molecule has 2 N–H and O–H groups in total. The van der Waals surface area contributed by atoms with E-state index in [0.717, 1.165) is 23.0 Å². The Kier molecular flexibility index (Phi) is 4.00. The maximum Gasteiger partial charge on any atom is 0.0950 e. The maximum absolute atomic E-state index is 10.0. The predicted octanol–water partition coefficient (Wildman–Crippen LogP) is 2.84. The van der Waals surface area contributed by atoms with Gasteiger partial charge in [0.25, 0.3) is 0 Å². The van der Waals surface area contributed by atoms with Gasteiger partial charge in [-0.25, -0.2) is 0 Å². The van der Waals surface area contributed by atoms with E-state index >= 15 is 0 Å². The van der Waals surface area contributed by atoms with E-state index in [-0.39, 0.29) is 11.5 Å². The van der Waals surface area contributed by atoms with Gasteiger partial charge in [-0.1, -0.05) is 39.0 Å². The number of rotatable bonds is 4. The molecule has 102 valence electrons. The molecule has 1 aromatic heterocycles. The first kappa shape index (κ1) is 13.7. The lowest BCUT2D eigenvalue weighted by molar-refractivity contribution is 0.132. The van der Waals surface area contributed by atoms with Crippen molar-refractivity contribution in [1.29, 1.82) is 0 Å². The molecule has 1 atom stereocenters. The van der Waals surface area contributed by atoms with E-state index in [9.17, 15) is 5.11 Å². The molecule has 4 nitrogen and oxygen atoms in total. The molecule has 0 radical (unpaired) electrons. The number of nitrogens with zero attached hydrogens (tertiary/aromatic N) is 2. The van der Waals surface area contributed by atoms with Crippen LogP contribution in [0, 0.1) is 5.41 Å². The van der Waals surface area contributed by atoms with Crippen LogP contribution in [0.1, 0.15) is 27.2 Å². The highest BCUT2D eigenvalue weighted by molar-refractivity contribution is 5.90. The number of aromatic nitrogens is 2. The summed E-state index contributed by atoms with van der Waals surface area (Å²) in [6, 6.07) is 7.84. The number of anilines is 1. The lowest BCUT2D eigenvalue weighted by Crippen LogP contribution is -2.25. The molecule has 1 unspecified atom stereocenters. The van der Waals surface area contributed by atoms with Crippen LogP contribution >= 0.6 is 0 Å². The summed E-state index contributed by atoms with van der Waals surface area (Å²) in [5, 5.41) is 22.4. The molecule has 0 spiro atoms. The summed E-state index contributed by atoms with van der Waals surface area (Å²) in [6.45, 7) is 6.89. The molecule has 0 saturated heterocycles. The highest BCUT2D eigenvalue weighted by atomic mass is 16.3. The standard InChI is InChI=1S/C15H21N3O/c1-15(2,3)8-11(19)9-16-14-10-17-18-13-7-5-4-6-12(13)14/h4-7,10-11,19H,8-9H2,1-3H3,(H,16,18). The second-order valence-electron chi connectivity index (χ2n) is 6.07. The van der Waals surface area contributed by atoms with E-state index in [0.29, 0.717) is 6.54 Å². The minimum atomic E-state index is -0.369. The molecule has 2 rings (SSSR count). The Bertz CT molecular complexity index is 543. The molecule has 0 bridgehead atoms. The van der Waals surface area contributed by atoms with Gasteiger partial charge in [0.15, 0.2) is 0 Å². The van der Waals surface area contributed by atoms with Crippen LogP contribution < -0.4 is 5.32 Å².